The van der Waals surface area contributed by atoms with E-state index in [0.29, 0.717) is 5.92 Å². The van der Waals surface area contributed by atoms with Crippen LogP contribution in [0.15, 0.2) is 94.4 Å². The number of hydrogen-bond donors (Lipinski definition) is 0. The van der Waals surface area contributed by atoms with Crippen LogP contribution >= 0.6 is 11.8 Å². The fourth-order valence-corrected chi connectivity index (χ4v) is 4.49. The summed E-state index contributed by atoms with van der Waals surface area (Å²) in [5.41, 5.74) is 4.98. The zero-order valence-electron chi connectivity index (χ0n) is 14.9. The number of hydrogen-bond acceptors (Lipinski definition) is 2. The zero-order chi connectivity index (χ0) is 17.8. The highest BCUT2D eigenvalue weighted by Gasteiger charge is 2.21. The quantitative estimate of drug-likeness (QED) is 0.347. The van der Waals surface area contributed by atoms with Crippen LogP contribution in [-0.4, -0.2) is 5.75 Å². The second-order valence-electron chi connectivity index (χ2n) is 6.52. The van der Waals surface area contributed by atoms with Crippen molar-refractivity contribution in [1.29, 1.82) is 0 Å². The summed E-state index contributed by atoms with van der Waals surface area (Å²) in [6.45, 7) is 2.27. The van der Waals surface area contributed by atoms with Crippen LogP contribution in [0.5, 0.6) is 0 Å². The molecule has 1 atom stereocenters. The number of benzene rings is 3. The molecule has 26 heavy (non-hydrogen) atoms. The molecule has 1 nitrogen and oxygen atoms in total. The number of fused-ring (bicyclic) bond motifs is 1. The minimum absolute atomic E-state index is 0.305. The molecule has 0 aliphatic rings. The molecule has 1 aromatic heterocycles. The van der Waals surface area contributed by atoms with Crippen LogP contribution in [0, 0.1) is 0 Å². The normalized spacial score (nSPS) is 12.3. The SMILES string of the molecule is CC(c1ccccc1)c1c(SCCc2ccccc2)oc2ccccc12. The molecule has 0 spiro atoms. The molecule has 0 bridgehead atoms. The summed E-state index contributed by atoms with van der Waals surface area (Å²) in [5.74, 6) is 1.32. The molecule has 3 aromatic carbocycles. The lowest BCUT2D eigenvalue weighted by Gasteiger charge is -2.13. The Bertz CT molecular complexity index is 973. The highest BCUT2D eigenvalue weighted by molar-refractivity contribution is 7.99. The Balaban J connectivity index is 1.63. The Hall–Kier alpha value is -2.45. The Morgan fingerprint density at radius 1 is 0.808 bits per heavy atom. The number of aryl methyl sites for hydroxylation is 1. The Labute approximate surface area is 159 Å². The molecular formula is C24H22OS. The molecule has 4 rings (SSSR count). The summed E-state index contributed by atoms with van der Waals surface area (Å²) < 4.78 is 6.24. The Morgan fingerprint density at radius 2 is 1.46 bits per heavy atom. The fourth-order valence-electron chi connectivity index (χ4n) is 3.37. The van der Waals surface area contributed by atoms with E-state index in [1.165, 1.54) is 22.1 Å². The van der Waals surface area contributed by atoms with Gasteiger partial charge in [0.15, 0.2) is 5.09 Å². The lowest BCUT2D eigenvalue weighted by molar-refractivity contribution is 0.503. The minimum atomic E-state index is 0.305. The van der Waals surface area contributed by atoms with E-state index >= 15 is 0 Å². The maximum Gasteiger partial charge on any atom is 0.165 e. The smallest absolute Gasteiger partial charge is 0.165 e. The molecule has 0 fully saturated rings. The lowest BCUT2D eigenvalue weighted by atomic mass is 9.93. The van der Waals surface area contributed by atoms with E-state index in [1.54, 1.807) is 0 Å². The van der Waals surface area contributed by atoms with E-state index in [2.05, 4.69) is 85.8 Å². The molecule has 0 aliphatic heterocycles. The molecule has 0 aliphatic carbocycles. The van der Waals surface area contributed by atoms with Crippen molar-refractivity contribution in [1.82, 2.24) is 0 Å². The molecule has 1 heterocycles. The molecule has 0 N–H and O–H groups in total. The van der Waals surface area contributed by atoms with Crippen LogP contribution in [0.3, 0.4) is 0 Å². The summed E-state index contributed by atoms with van der Waals surface area (Å²) in [6, 6.07) is 29.7. The predicted molar refractivity (Wildman–Crippen MR) is 111 cm³/mol. The van der Waals surface area contributed by atoms with Crippen LogP contribution in [0.4, 0.5) is 0 Å². The van der Waals surface area contributed by atoms with Gasteiger partial charge in [-0.1, -0.05) is 97.5 Å². The molecular weight excluding hydrogens is 336 g/mol. The lowest BCUT2D eigenvalue weighted by Crippen LogP contribution is -1.97. The molecule has 0 saturated heterocycles. The largest absolute Gasteiger partial charge is 0.450 e. The third-order valence-corrected chi connectivity index (χ3v) is 5.77. The molecule has 4 aromatic rings. The van der Waals surface area contributed by atoms with Gasteiger partial charge in [0.25, 0.3) is 0 Å². The molecule has 0 saturated carbocycles. The van der Waals surface area contributed by atoms with Crippen LogP contribution < -0.4 is 0 Å². The number of furan rings is 1. The van der Waals surface area contributed by atoms with Crippen LogP contribution in [-0.2, 0) is 6.42 Å². The second kappa shape index (κ2) is 7.84. The van der Waals surface area contributed by atoms with Crippen molar-refractivity contribution in [3.8, 4) is 0 Å². The Morgan fingerprint density at radius 3 is 2.23 bits per heavy atom. The summed E-state index contributed by atoms with van der Waals surface area (Å²) in [5, 5.41) is 2.28. The maximum atomic E-state index is 6.24. The van der Waals surface area contributed by atoms with E-state index in [0.717, 1.165) is 22.8 Å². The Kier molecular flexibility index (Phi) is 5.12. The van der Waals surface area contributed by atoms with Crippen molar-refractivity contribution < 1.29 is 4.42 Å². The highest BCUT2D eigenvalue weighted by Crippen LogP contribution is 2.40. The summed E-state index contributed by atoms with van der Waals surface area (Å²) in [7, 11) is 0. The first-order valence-corrected chi connectivity index (χ1v) is 10.0. The van der Waals surface area contributed by atoms with E-state index in [-0.39, 0.29) is 0 Å². The van der Waals surface area contributed by atoms with Crippen molar-refractivity contribution in [3.63, 3.8) is 0 Å². The van der Waals surface area contributed by atoms with E-state index in [4.69, 9.17) is 4.42 Å². The summed E-state index contributed by atoms with van der Waals surface area (Å²) in [4.78, 5) is 0. The van der Waals surface area contributed by atoms with Crippen molar-refractivity contribution in [2.24, 2.45) is 0 Å². The standard InChI is InChI=1S/C24H22OS/c1-18(20-12-6-3-7-13-20)23-21-14-8-9-15-22(21)25-24(23)26-17-16-19-10-4-2-5-11-19/h2-15,18H,16-17H2,1H3. The topological polar surface area (TPSA) is 13.1 Å². The highest BCUT2D eigenvalue weighted by atomic mass is 32.2. The van der Waals surface area contributed by atoms with Gasteiger partial charge in [0.05, 0.1) is 0 Å². The molecule has 0 radical (unpaired) electrons. The van der Waals surface area contributed by atoms with Crippen LogP contribution in [0.1, 0.15) is 29.5 Å². The van der Waals surface area contributed by atoms with Crippen LogP contribution in [0.25, 0.3) is 11.0 Å². The third-order valence-electron chi connectivity index (χ3n) is 4.80. The average molecular weight is 359 g/mol. The zero-order valence-corrected chi connectivity index (χ0v) is 15.7. The van der Waals surface area contributed by atoms with E-state index in [1.807, 2.05) is 17.8 Å². The van der Waals surface area contributed by atoms with Crippen molar-refractivity contribution >= 4 is 22.7 Å². The number of rotatable bonds is 6. The van der Waals surface area contributed by atoms with Gasteiger partial charge in [-0.3, -0.25) is 0 Å². The van der Waals surface area contributed by atoms with Gasteiger partial charge in [-0.05, 0) is 23.6 Å². The van der Waals surface area contributed by atoms with Crippen molar-refractivity contribution in [2.75, 3.05) is 5.75 Å². The molecule has 2 heteroatoms. The third kappa shape index (κ3) is 3.56. The van der Waals surface area contributed by atoms with Gasteiger partial charge in [-0.25, -0.2) is 0 Å². The molecule has 1 unspecified atom stereocenters. The van der Waals surface area contributed by atoms with E-state index in [9.17, 15) is 0 Å². The van der Waals surface area contributed by atoms with Gasteiger partial charge < -0.3 is 4.42 Å². The first kappa shape index (κ1) is 17.0. The fraction of sp³-hybridized carbons (Fsp3) is 0.167. The summed E-state index contributed by atoms with van der Waals surface area (Å²) in [6.07, 6.45) is 1.04. The monoisotopic (exact) mass is 358 g/mol. The molecule has 130 valence electrons. The maximum absolute atomic E-state index is 6.24. The second-order valence-corrected chi connectivity index (χ2v) is 7.58. The number of para-hydroxylation sites is 1. The molecule has 0 amide bonds. The number of thioether (sulfide) groups is 1. The van der Waals surface area contributed by atoms with Crippen LogP contribution in [0.2, 0.25) is 0 Å². The van der Waals surface area contributed by atoms with Crippen molar-refractivity contribution in [2.45, 2.75) is 24.4 Å². The predicted octanol–water partition coefficient (Wildman–Crippen LogP) is 6.92. The van der Waals surface area contributed by atoms with Gasteiger partial charge >= 0.3 is 0 Å². The average Bonchev–Trinajstić information content (AvgIpc) is 3.07. The van der Waals surface area contributed by atoms with E-state index < -0.39 is 0 Å². The first-order chi connectivity index (χ1) is 12.8. The van der Waals surface area contributed by atoms with Gasteiger partial charge in [-0.15, -0.1) is 0 Å². The first-order valence-electron chi connectivity index (χ1n) is 9.06. The van der Waals surface area contributed by atoms with Gasteiger partial charge in [0, 0.05) is 22.6 Å². The van der Waals surface area contributed by atoms with Gasteiger partial charge in [-0.2, -0.15) is 0 Å². The van der Waals surface area contributed by atoms with Crippen molar-refractivity contribution in [3.05, 3.63) is 102 Å². The van der Waals surface area contributed by atoms with Gasteiger partial charge in [0.1, 0.15) is 5.58 Å². The van der Waals surface area contributed by atoms with Gasteiger partial charge in [0.2, 0.25) is 0 Å². The summed E-state index contributed by atoms with van der Waals surface area (Å²) >= 11 is 1.82. The minimum Gasteiger partial charge on any atom is -0.450 e.